The summed E-state index contributed by atoms with van der Waals surface area (Å²) in [5, 5.41) is 14.0. The summed E-state index contributed by atoms with van der Waals surface area (Å²) in [7, 11) is 6.67. The summed E-state index contributed by atoms with van der Waals surface area (Å²) >= 11 is 0. The van der Waals surface area contributed by atoms with E-state index in [1.807, 2.05) is 62.5 Å². The lowest BCUT2D eigenvalue weighted by Gasteiger charge is -2.17. The minimum atomic E-state index is 0.275. The van der Waals surface area contributed by atoms with Crippen LogP contribution < -0.4 is 9.47 Å². The summed E-state index contributed by atoms with van der Waals surface area (Å²) in [4.78, 5) is 4.65. The molecule has 0 spiro atoms. The Labute approximate surface area is 212 Å². The Hall–Kier alpha value is -4.40. The van der Waals surface area contributed by atoms with Crippen LogP contribution in [0.2, 0.25) is 0 Å². The molecule has 9 heteroatoms. The van der Waals surface area contributed by atoms with E-state index in [1.165, 1.54) is 0 Å². The lowest BCUT2D eigenvalue weighted by molar-refractivity contribution is 0.291. The van der Waals surface area contributed by atoms with Gasteiger partial charge in [-0.3, -0.25) is 4.68 Å². The van der Waals surface area contributed by atoms with Crippen molar-refractivity contribution in [1.82, 2.24) is 14.8 Å². The van der Waals surface area contributed by atoms with E-state index < -0.39 is 0 Å². The molecule has 0 radical (unpaired) electrons. The molecule has 0 unspecified atom stereocenters. The molecule has 3 aromatic rings. The largest absolute Gasteiger partial charge is 0.497 e. The van der Waals surface area contributed by atoms with Crippen molar-refractivity contribution in [2.24, 2.45) is 22.4 Å². The highest BCUT2D eigenvalue weighted by Crippen LogP contribution is 2.22. The lowest BCUT2D eigenvalue weighted by Crippen LogP contribution is -2.13. The molecule has 0 amide bonds. The number of ether oxygens (including phenoxy) is 3. The highest BCUT2D eigenvalue weighted by Gasteiger charge is 2.17. The molecule has 9 nitrogen and oxygen atoms in total. The Morgan fingerprint density at radius 3 is 2.44 bits per heavy atom. The van der Waals surface area contributed by atoms with Crippen LogP contribution in [0.25, 0.3) is 5.70 Å². The summed E-state index contributed by atoms with van der Waals surface area (Å²) in [6.45, 7) is 10.8. The molecule has 0 saturated carbocycles. The highest BCUT2D eigenvalue weighted by atomic mass is 16.5. The zero-order valence-electron chi connectivity index (χ0n) is 21.4. The van der Waals surface area contributed by atoms with Crippen LogP contribution in [0.3, 0.4) is 0 Å². The third kappa shape index (κ3) is 6.59. The summed E-state index contributed by atoms with van der Waals surface area (Å²) in [6.07, 6.45) is 1.71. The fraction of sp³-hybridized carbons (Fsp3) is 0.259. The first-order valence-corrected chi connectivity index (χ1v) is 11.3. The molecule has 1 aromatic heterocycles. The Morgan fingerprint density at radius 2 is 1.81 bits per heavy atom. The Kier molecular flexibility index (Phi) is 8.99. The maximum absolute atomic E-state index is 5.98. The van der Waals surface area contributed by atoms with Gasteiger partial charge in [0.1, 0.15) is 18.1 Å². The van der Waals surface area contributed by atoms with Gasteiger partial charge in [0.05, 0.1) is 51.0 Å². The number of aliphatic imine (C=N–C) groups is 1. The van der Waals surface area contributed by atoms with Crippen molar-refractivity contribution in [1.29, 1.82) is 0 Å². The number of aromatic nitrogens is 2. The van der Waals surface area contributed by atoms with E-state index >= 15 is 0 Å². The van der Waals surface area contributed by atoms with Crippen LogP contribution >= 0.6 is 0 Å². The van der Waals surface area contributed by atoms with Crippen LogP contribution in [0.4, 0.5) is 0 Å². The number of benzene rings is 2. The molecule has 0 aliphatic carbocycles. The number of nitrogens with zero attached hydrogens (tertiary/aromatic N) is 6. The van der Waals surface area contributed by atoms with Gasteiger partial charge in [0.15, 0.2) is 0 Å². The maximum Gasteiger partial charge on any atom is 0.224 e. The number of aryl methyl sites for hydroxylation is 1. The van der Waals surface area contributed by atoms with Gasteiger partial charge < -0.3 is 14.2 Å². The maximum atomic E-state index is 5.98. The van der Waals surface area contributed by atoms with Crippen molar-refractivity contribution >= 4 is 11.6 Å². The molecule has 0 aliphatic rings. The number of allylic oxidation sites excluding steroid dienone is 1. The van der Waals surface area contributed by atoms with Crippen LogP contribution in [0.1, 0.15) is 29.3 Å². The van der Waals surface area contributed by atoms with Gasteiger partial charge in [0.2, 0.25) is 5.90 Å². The first-order valence-electron chi connectivity index (χ1n) is 11.3. The molecule has 36 heavy (non-hydrogen) atoms. The van der Waals surface area contributed by atoms with Gasteiger partial charge in [0, 0.05) is 18.8 Å². The number of rotatable bonds is 11. The molecule has 0 bridgehead atoms. The monoisotopic (exact) mass is 488 g/mol. The van der Waals surface area contributed by atoms with Crippen LogP contribution in [0.15, 0.2) is 88.9 Å². The first kappa shape index (κ1) is 26.2. The Bertz CT molecular complexity index is 1260. The molecule has 0 atom stereocenters. The molecule has 0 fully saturated rings. The molecule has 0 aliphatic heterocycles. The normalized spacial score (nSPS) is 11.4. The van der Waals surface area contributed by atoms with Gasteiger partial charge in [-0.05, 0) is 30.2 Å². The standard InChI is InChI=1S/C27H32N6O3/c1-19(2)33(31-28-4)17-21-11-13-22(14-12-21)20(3)30-27(35-7)25-16-29-32(5)26(25)18-36-24-10-8-9-23(15-24)34-6/h8-16H,1,3,17-18H2,2,4-7H3. The van der Waals surface area contributed by atoms with Crippen molar-refractivity contribution in [3.8, 4) is 11.5 Å². The number of hydrogen-bond acceptors (Lipinski definition) is 7. The van der Waals surface area contributed by atoms with Crippen molar-refractivity contribution in [3.63, 3.8) is 0 Å². The van der Waals surface area contributed by atoms with Gasteiger partial charge in [-0.1, -0.05) is 48.7 Å². The first-order chi connectivity index (χ1) is 17.4. The van der Waals surface area contributed by atoms with Gasteiger partial charge >= 0.3 is 0 Å². The van der Waals surface area contributed by atoms with Crippen LogP contribution in [-0.2, 0) is 24.9 Å². The number of hydrogen-bond donors (Lipinski definition) is 0. The molecular weight excluding hydrogens is 456 g/mol. The van der Waals surface area contributed by atoms with Gasteiger partial charge in [-0.15, -0.1) is 0 Å². The molecular formula is C27H32N6O3. The summed E-state index contributed by atoms with van der Waals surface area (Å²) < 4.78 is 18.6. The van der Waals surface area contributed by atoms with Crippen molar-refractivity contribution in [2.75, 3.05) is 21.3 Å². The van der Waals surface area contributed by atoms with Crippen LogP contribution in [0.5, 0.6) is 11.5 Å². The number of methoxy groups -OCH3 is 2. The average Bonchev–Trinajstić information content (AvgIpc) is 3.25. The molecule has 0 N–H and O–H groups in total. The Balaban J connectivity index is 1.77. The fourth-order valence-corrected chi connectivity index (χ4v) is 3.38. The third-order valence-electron chi connectivity index (χ3n) is 5.40. The zero-order valence-corrected chi connectivity index (χ0v) is 21.4. The van der Waals surface area contributed by atoms with E-state index in [9.17, 15) is 0 Å². The summed E-state index contributed by atoms with van der Waals surface area (Å²) in [6, 6.07) is 15.4. The van der Waals surface area contributed by atoms with E-state index in [0.717, 1.165) is 33.8 Å². The molecule has 188 valence electrons. The third-order valence-corrected chi connectivity index (χ3v) is 5.40. The summed E-state index contributed by atoms with van der Waals surface area (Å²) in [5.41, 5.74) is 4.83. The second-order valence-corrected chi connectivity index (χ2v) is 7.94. The van der Waals surface area contributed by atoms with Gasteiger partial charge in [-0.2, -0.15) is 10.2 Å². The van der Waals surface area contributed by atoms with Crippen molar-refractivity contribution in [2.45, 2.75) is 20.1 Å². The highest BCUT2D eigenvalue weighted by molar-refractivity contribution is 5.98. The van der Waals surface area contributed by atoms with Crippen LogP contribution in [0, 0.1) is 0 Å². The second-order valence-electron chi connectivity index (χ2n) is 7.94. The quantitative estimate of drug-likeness (QED) is 0.156. The molecule has 3 rings (SSSR count). The molecule has 0 saturated heterocycles. The van der Waals surface area contributed by atoms with E-state index in [0.29, 0.717) is 23.9 Å². The smallest absolute Gasteiger partial charge is 0.224 e. The minimum absolute atomic E-state index is 0.275. The fourth-order valence-electron chi connectivity index (χ4n) is 3.38. The Morgan fingerprint density at radius 1 is 1.08 bits per heavy atom. The van der Waals surface area contributed by atoms with E-state index in [2.05, 4.69) is 33.6 Å². The van der Waals surface area contributed by atoms with Crippen LogP contribution in [-0.4, -0.2) is 42.0 Å². The van der Waals surface area contributed by atoms with E-state index in [4.69, 9.17) is 14.2 Å². The van der Waals surface area contributed by atoms with E-state index in [-0.39, 0.29) is 6.61 Å². The lowest BCUT2D eigenvalue weighted by atomic mass is 10.1. The minimum Gasteiger partial charge on any atom is -0.497 e. The van der Waals surface area contributed by atoms with Gasteiger partial charge in [0.25, 0.3) is 0 Å². The van der Waals surface area contributed by atoms with E-state index in [1.54, 1.807) is 37.2 Å². The predicted molar refractivity (Wildman–Crippen MR) is 141 cm³/mol. The SMILES string of the molecule is C=C(N=C(OC)c1cnn(C)c1COc1cccc(OC)c1)c1ccc(CN(N=NC)C(=C)C)cc1. The zero-order chi connectivity index (χ0) is 26.1. The topological polar surface area (TPSA) is 85.8 Å². The molecule has 1 heterocycles. The molecule has 2 aromatic carbocycles. The average molecular weight is 489 g/mol. The predicted octanol–water partition coefficient (Wildman–Crippen LogP) is 5.40. The summed E-state index contributed by atoms with van der Waals surface area (Å²) in [5.74, 6) is 1.81. The van der Waals surface area contributed by atoms with Gasteiger partial charge in [-0.25, -0.2) is 10.0 Å². The van der Waals surface area contributed by atoms with Crippen molar-refractivity contribution < 1.29 is 14.2 Å². The van der Waals surface area contributed by atoms with Crippen molar-refractivity contribution in [3.05, 3.63) is 96.0 Å². The second kappa shape index (κ2) is 12.3.